The molecule has 2 heterocycles. The average Bonchev–Trinajstić information content (AvgIpc) is 2.73. The van der Waals surface area contributed by atoms with Crippen LogP contribution < -0.4 is 9.47 Å². The van der Waals surface area contributed by atoms with Crippen molar-refractivity contribution in [3.63, 3.8) is 0 Å². The monoisotopic (exact) mass is 350 g/mol. The summed E-state index contributed by atoms with van der Waals surface area (Å²) in [5.41, 5.74) is 1.71. The van der Waals surface area contributed by atoms with Crippen LogP contribution in [0.2, 0.25) is 0 Å². The Hall–Kier alpha value is -1.82. The number of carbonyl (C=O) groups excluding carboxylic acids is 1. The van der Waals surface area contributed by atoms with Gasteiger partial charge in [-0.2, -0.15) is 0 Å². The van der Waals surface area contributed by atoms with Gasteiger partial charge in [-0.05, 0) is 26.8 Å². The van der Waals surface area contributed by atoms with E-state index in [-0.39, 0.29) is 11.8 Å². The molecule has 0 aromatic heterocycles. The van der Waals surface area contributed by atoms with E-state index in [0.29, 0.717) is 18.1 Å². The lowest BCUT2D eigenvalue weighted by molar-refractivity contribution is -0.146. The van der Waals surface area contributed by atoms with Crippen LogP contribution in [0.15, 0.2) is 30.4 Å². The highest BCUT2D eigenvalue weighted by Gasteiger charge is 2.55. The van der Waals surface area contributed by atoms with Gasteiger partial charge in [-0.3, -0.25) is 9.00 Å². The molecule has 130 valence electrons. The van der Waals surface area contributed by atoms with Gasteiger partial charge in [0.15, 0.2) is 16.4 Å². The lowest BCUT2D eigenvalue weighted by Crippen LogP contribution is -2.39. The summed E-state index contributed by atoms with van der Waals surface area (Å²) in [4.78, 5) is 11.5. The normalized spacial score (nSPS) is 30.9. The largest absolute Gasteiger partial charge is 0.493 e. The Kier molecular flexibility index (Phi) is 4.20. The second-order valence-electron chi connectivity index (χ2n) is 6.71. The number of esters is 1. The molecule has 6 heteroatoms. The van der Waals surface area contributed by atoms with Crippen LogP contribution in [0.5, 0.6) is 11.5 Å². The van der Waals surface area contributed by atoms with Gasteiger partial charge in [-0.15, -0.1) is 0 Å². The fraction of sp³-hybridized carbons (Fsp3) is 0.500. The van der Waals surface area contributed by atoms with Gasteiger partial charge in [0.05, 0.1) is 24.5 Å². The maximum Gasteiger partial charge on any atom is 0.324 e. The summed E-state index contributed by atoms with van der Waals surface area (Å²) < 4.78 is 29.6. The summed E-state index contributed by atoms with van der Waals surface area (Å²) in [6.45, 7) is 9.68. The van der Waals surface area contributed by atoms with Crippen LogP contribution in [0.25, 0.3) is 0 Å². The molecular weight excluding hydrogens is 328 g/mol. The minimum absolute atomic E-state index is 0.111. The smallest absolute Gasteiger partial charge is 0.324 e. The lowest BCUT2D eigenvalue weighted by atomic mass is 9.78. The number of methoxy groups -OCH3 is 1. The van der Waals surface area contributed by atoms with Crippen molar-refractivity contribution in [2.24, 2.45) is 5.92 Å². The molecule has 4 atom stereocenters. The molecule has 0 spiro atoms. The molecule has 0 aliphatic carbocycles. The van der Waals surface area contributed by atoms with Crippen molar-refractivity contribution in [1.82, 2.24) is 0 Å². The van der Waals surface area contributed by atoms with E-state index in [1.54, 1.807) is 21.0 Å². The molecule has 1 aromatic carbocycles. The fourth-order valence-corrected chi connectivity index (χ4v) is 5.04. The Morgan fingerprint density at radius 2 is 2.12 bits per heavy atom. The van der Waals surface area contributed by atoms with E-state index in [2.05, 4.69) is 6.58 Å². The maximum atomic E-state index is 12.9. The predicted octanol–water partition coefficient (Wildman–Crippen LogP) is 2.77. The summed E-state index contributed by atoms with van der Waals surface area (Å²) in [5.74, 6) is 0.368. The van der Waals surface area contributed by atoms with Crippen molar-refractivity contribution in [3.8, 4) is 11.5 Å². The third kappa shape index (κ3) is 2.53. The quantitative estimate of drug-likeness (QED) is 0.620. The summed E-state index contributed by atoms with van der Waals surface area (Å²) in [5, 5.41) is -0.739. The van der Waals surface area contributed by atoms with Gasteiger partial charge in [0.1, 0.15) is 5.25 Å². The number of cyclic esters (lactones) is 1. The molecule has 1 unspecified atom stereocenters. The van der Waals surface area contributed by atoms with Crippen molar-refractivity contribution in [1.29, 1.82) is 0 Å². The Balaban J connectivity index is 2.15. The number of carbonyl (C=O) groups is 1. The zero-order valence-corrected chi connectivity index (χ0v) is 15.1. The summed E-state index contributed by atoms with van der Waals surface area (Å²) in [6, 6.07) is 5.56. The topological polar surface area (TPSA) is 61.8 Å². The predicted molar refractivity (Wildman–Crippen MR) is 91.6 cm³/mol. The van der Waals surface area contributed by atoms with Gasteiger partial charge in [0.2, 0.25) is 0 Å². The van der Waals surface area contributed by atoms with Crippen LogP contribution in [0.1, 0.15) is 32.3 Å². The van der Waals surface area contributed by atoms with Crippen molar-refractivity contribution in [3.05, 3.63) is 35.9 Å². The van der Waals surface area contributed by atoms with E-state index >= 15 is 0 Å². The first-order valence-corrected chi connectivity index (χ1v) is 9.08. The molecule has 0 saturated carbocycles. The van der Waals surface area contributed by atoms with Crippen molar-refractivity contribution < 1.29 is 23.2 Å². The zero-order chi connectivity index (χ0) is 17.6. The number of hydrogen-bond acceptors (Lipinski definition) is 5. The molecule has 0 radical (unpaired) electrons. The molecule has 24 heavy (non-hydrogen) atoms. The number of fused-ring (bicyclic) bond motifs is 1. The zero-order valence-electron chi connectivity index (χ0n) is 14.3. The average molecular weight is 350 g/mol. The Labute approximate surface area is 144 Å². The van der Waals surface area contributed by atoms with Crippen molar-refractivity contribution in [2.45, 2.75) is 36.9 Å². The molecule has 0 amide bonds. The highest BCUT2D eigenvalue weighted by molar-refractivity contribution is 7.88. The van der Waals surface area contributed by atoms with Gasteiger partial charge < -0.3 is 14.2 Å². The SMILES string of the molecule is C=C(C)[C@H]1COc2c(OC)cccc2[C@H]1C1C(=O)OC(C)(C)[S@]1=O. The fourth-order valence-electron chi connectivity index (χ4n) is 3.44. The number of hydrogen-bond donors (Lipinski definition) is 0. The van der Waals surface area contributed by atoms with Crippen LogP contribution in [0.3, 0.4) is 0 Å². The highest BCUT2D eigenvalue weighted by Crippen LogP contribution is 2.49. The molecule has 0 bridgehead atoms. The first-order chi connectivity index (χ1) is 11.3. The molecule has 0 N–H and O–H groups in total. The summed E-state index contributed by atoms with van der Waals surface area (Å²) in [7, 11) is 0.112. The number of rotatable bonds is 3. The van der Waals surface area contributed by atoms with Gasteiger partial charge in [-0.25, -0.2) is 0 Å². The van der Waals surface area contributed by atoms with E-state index in [1.165, 1.54) is 0 Å². The highest BCUT2D eigenvalue weighted by atomic mass is 32.2. The third-order valence-corrected chi connectivity index (χ3v) is 6.68. The van der Waals surface area contributed by atoms with Gasteiger partial charge in [0, 0.05) is 17.4 Å². The number of ether oxygens (including phenoxy) is 3. The number of benzene rings is 1. The standard InChI is InChI=1S/C18H22O5S/c1-10(2)12-9-22-15-11(7-6-8-13(15)21-5)14(12)16-17(19)23-18(3,4)24(16)20/h6-8,12,14,16H,1,9H2,2-5H3/t12-,14-,16?,24+/m1/s1. The lowest BCUT2D eigenvalue weighted by Gasteiger charge is -2.36. The third-order valence-electron chi connectivity index (χ3n) is 4.68. The molecule has 1 saturated heterocycles. The maximum absolute atomic E-state index is 12.9. The van der Waals surface area contributed by atoms with Crippen LogP contribution >= 0.6 is 0 Å². The Morgan fingerprint density at radius 3 is 2.67 bits per heavy atom. The first kappa shape index (κ1) is 17.0. The minimum atomic E-state index is -1.46. The van der Waals surface area contributed by atoms with E-state index in [9.17, 15) is 9.00 Å². The molecule has 2 aliphatic rings. The molecule has 5 nitrogen and oxygen atoms in total. The molecule has 2 aliphatic heterocycles. The van der Waals surface area contributed by atoms with Crippen molar-refractivity contribution in [2.75, 3.05) is 13.7 Å². The van der Waals surface area contributed by atoms with Gasteiger partial charge in [0.25, 0.3) is 0 Å². The molecular formula is C18H22O5S. The van der Waals surface area contributed by atoms with Crippen molar-refractivity contribution >= 4 is 16.8 Å². The van der Waals surface area contributed by atoms with Crippen LogP contribution in [-0.4, -0.2) is 34.1 Å². The molecule has 1 aromatic rings. The second kappa shape index (κ2) is 5.92. The second-order valence-corrected chi connectivity index (χ2v) is 8.79. The Bertz CT molecular complexity index is 724. The van der Waals surface area contributed by atoms with Gasteiger partial charge in [-0.1, -0.05) is 24.3 Å². The molecule has 1 fully saturated rings. The number of para-hydroxylation sites is 1. The summed E-state index contributed by atoms with van der Waals surface area (Å²) >= 11 is 0. The first-order valence-electron chi connectivity index (χ1n) is 7.86. The van der Waals surface area contributed by atoms with Crippen LogP contribution in [-0.2, 0) is 20.3 Å². The molecule has 3 rings (SSSR count). The Morgan fingerprint density at radius 1 is 1.42 bits per heavy atom. The van der Waals surface area contributed by atoms with Crippen LogP contribution in [0.4, 0.5) is 0 Å². The van der Waals surface area contributed by atoms with Gasteiger partial charge >= 0.3 is 5.97 Å². The van der Waals surface area contributed by atoms with E-state index < -0.39 is 27.0 Å². The van der Waals surface area contributed by atoms with E-state index in [0.717, 1.165) is 11.1 Å². The van der Waals surface area contributed by atoms with E-state index in [4.69, 9.17) is 14.2 Å². The minimum Gasteiger partial charge on any atom is -0.493 e. The van der Waals surface area contributed by atoms with Crippen LogP contribution in [0, 0.1) is 5.92 Å². The van der Waals surface area contributed by atoms with E-state index in [1.807, 2.05) is 25.1 Å². The summed E-state index contributed by atoms with van der Waals surface area (Å²) in [6.07, 6.45) is 0.